The van der Waals surface area contributed by atoms with Gasteiger partial charge >= 0.3 is 12.2 Å². The Balaban J connectivity index is 1.58. The van der Waals surface area contributed by atoms with E-state index >= 15 is 0 Å². The van der Waals surface area contributed by atoms with Gasteiger partial charge in [0.15, 0.2) is 5.82 Å². The molecule has 3 aromatic heterocycles. The Morgan fingerprint density at radius 1 is 1.09 bits per heavy atom. The van der Waals surface area contributed by atoms with Gasteiger partial charge in [0.05, 0.1) is 11.9 Å². The fraction of sp³-hybridized carbons (Fsp3) is 0.217. The summed E-state index contributed by atoms with van der Waals surface area (Å²) >= 11 is 0. The summed E-state index contributed by atoms with van der Waals surface area (Å²) in [4.78, 5) is 25.2. The van der Waals surface area contributed by atoms with Crippen LogP contribution in [0.2, 0.25) is 0 Å². The molecule has 0 saturated carbocycles. The van der Waals surface area contributed by atoms with Crippen molar-refractivity contribution in [1.82, 2.24) is 24.7 Å². The summed E-state index contributed by atoms with van der Waals surface area (Å²) in [5, 5.41) is 4.20. The molecule has 2 amide bonds. The third-order valence-corrected chi connectivity index (χ3v) is 4.91. The second-order valence-corrected chi connectivity index (χ2v) is 7.75. The molecule has 0 bridgehead atoms. The molecule has 4 aromatic rings. The van der Waals surface area contributed by atoms with E-state index in [-0.39, 0.29) is 5.92 Å². The highest BCUT2D eigenvalue weighted by atomic mass is 19.4. The van der Waals surface area contributed by atoms with Crippen LogP contribution in [0.1, 0.15) is 25.5 Å². The first-order valence-corrected chi connectivity index (χ1v) is 10.2. The number of anilines is 1. The second-order valence-electron chi connectivity index (χ2n) is 7.75. The Morgan fingerprint density at radius 2 is 1.91 bits per heavy atom. The number of nitrogens with one attached hydrogen (secondary N) is 2. The fourth-order valence-corrected chi connectivity index (χ4v) is 3.28. The summed E-state index contributed by atoms with van der Waals surface area (Å²) in [6.07, 6.45) is 0.805. The zero-order valence-corrected chi connectivity index (χ0v) is 17.9. The number of halogens is 3. The number of benzene rings is 1. The number of urea groups is 1. The van der Waals surface area contributed by atoms with Crippen LogP contribution in [0.15, 0.2) is 61.1 Å². The van der Waals surface area contributed by atoms with E-state index in [1.807, 2.05) is 34.9 Å². The maximum absolute atomic E-state index is 12.3. The standard InChI is InChI=1S/C23H21F3N6O/c1-14(2)18-6-8-27-21(31-18)16-7-9-32-19(12-28-20(32)11-16)15-4-3-5-17(10-15)30-22(33)29-13-23(24,25)26/h3-12,14H,13H2,1-2H3,(H2,29,30,33). The topological polar surface area (TPSA) is 84.2 Å². The Kier molecular flexibility index (Phi) is 5.99. The van der Waals surface area contributed by atoms with Gasteiger partial charge in [-0.25, -0.2) is 19.7 Å². The molecule has 0 aliphatic carbocycles. The molecule has 0 aliphatic heterocycles. The number of amides is 2. The van der Waals surface area contributed by atoms with Crippen molar-refractivity contribution >= 4 is 17.4 Å². The number of alkyl halides is 3. The highest BCUT2D eigenvalue weighted by molar-refractivity contribution is 5.90. The largest absolute Gasteiger partial charge is 0.405 e. The van der Waals surface area contributed by atoms with Crippen LogP contribution < -0.4 is 10.6 Å². The molecule has 170 valence electrons. The SMILES string of the molecule is CC(C)c1ccnc(-c2ccn3c(-c4cccc(NC(=O)NCC(F)(F)F)c4)cnc3c2)n1. The second kappa shape index (κ2) is 8.89. The molecular formula is C23H21F3N6O. The maximum atomic E-state index is 12.3. The summed E-state index contributed by atoms with van der Waals surface area (Å²) < 4.78 is 38.7. The Labute approximate surface area is 187 Å². The van der Waals surface area contributed by atoms with Crippen LogP contribution >= 0.6 is 0 Å². The molecule has 0 aliphatic rings. The number of imidazole rings is 1. The van der Waals surface area contributed by atoms with Crippen LogP contribution in [0.3, 0.4) is 0 Å². The van der Waals surface area contributed by atoms with Crippen LogP contribution in [0, 0.1) is 0 Å². The average Bonchev–Trinajstić information content (AvgIpc) is 3.21. The molecule has 33 heavy (non-hydrogen) atoms. The van der Waals surface area contributed by atoms with E-state index in [4.69, 9.17) is 0 Å². The van der Waals surface area contributed by atoms with E-state index in [1.165, 1.54) is 0 Å². The predicted octanol–water partition coefficient (Wildman–Crippen LogP) is 5.27. The van der Waals surface area contributed by atoms with Gasteiger partial charge < -0.3 is 10.6 Å². The van der Waals surface area contributed by atoms with Crippen LogP contribution in [-0.2, 0) is 0 Å². The predicted molar refractivity (Wildman–Crippen MR) is 119 cm³/mol. The van der Waals surface area contributed by atoms with Crippen LogP contribution in [0.5, 0.6) is 0 Å². The minimum Gasteiger partial charge on any atom is -0.329 e. The number of rotatable bonds is 5. The minimum absolute atomic E-state index is 0.282. The normalized spacial score (nSPS) is 11.7. The summed E-state index contributed by atoms with van der Waals surface area (Å²) in [6, 6.07) is 11.5. The molecular weight excluding hydrogens is 433 g/mol. The Hall–Kier alpha value is -3.95. The maximum Gasteiger partial charge on any atom is 0.405 e. The van der Waals surface area contributed by atoms with Crippen LogP contribution in [0.4, 0.5) is 23.7 Å². The van der Waals surface area contributed by atoms with Crippen molar-refractivity contribution in [2.75, 3.05) is 11.9 Å². The number of hydrogen-bond acceptors (Lipinski definition) is 4. The molecule has 0 unspecified atom stereocenters. The highest BCUT2D eigenvalue weighted by Crippen LogP contribution is 2.26. The first-order chi connectivity index (χ1) is 15.7. The van der Waals surface area contributed by atoms with Crippen molar-refractivity contribution in [2.45, 2.75) is 25.9 Å². The molecule has 0 spiro atoms. The average molecular weight is 454 g/mol. The number of nitrogens with zero attached hydrogens (tertiary/aromatic N) is 4. The molecule has 4 rings (SSSR count). The molecule has 1 aromatic carbocycles. The van der Waals surface area contributed by atoms with E-state index in [0.717, 1.165) is 22.5 Å². The molecule has 7 nitrogen and oxygen atoms in total. The minimum atomic E-state index is -4.48. The Bertz CT molecular complexity index is 1300. The first-order valence-electron chi connectivity index (χ1n) is 10.2. The van der Waals surface area contributed by atoms with E-state index < -0.39 is 18.8 Å². The van der Waals surface area contributed by atoms with Crippen molar-refractivity contribution in [1.29, 1.82) is 0 Å². The summed E-state index contributed by atoms with van der Waals surface area (Å²) in [5.41, 5.74) is 4.32. The van der Waals surface area contributed by atoms with Crippen molar-refractivity contribution in [3.05, 3.63) is 66.7 Å². The smallest absolute Gasteiger partial charge is 0.329 e. The lowest BCUT2D eigenvalue weighted by Crippen LogP contribution is -2.36. The van der Waals surface area contributed by atoms with E-state index in [1.54, 1.807) is 35.9 Å². The van der Waals surface area contributed by atoms with Gasteiger partial charge in [-0.05, 0) is 36.2 Å². The molecule has 2 N–H and O–H groups in total. The van der Waals surface area contributed by atoms with Gasteiger partial charge in [0, 0.05) is 34.9 Å². The molecule has 0 atom stereocenters. The van der Waals surface area contributed by atoms with Gasteiger partial charge in [0.1, 0.15) is 12.2 Å². The van der Waals surface area contributed by atoms with Gasteiger partial charge in [-0.3, -0.25) is 4.40 Å². The fourth-order valence-electron chi connectivity index (χ4n) is 3.28. The highest BCUT2D eigenvalue weighted by Gasteiger charge is 2.27. The summed E-state index contributed by atoms with van der Waals surface area (Å²) in [5.74, 6) is 0.897. The van der Waals surface area contributed by atoms with Crippen molar-refractivity contribution < 1.29 is 18.0 Å². The number of carbonyl (C=O) groups is 1. The first kappa shape index (κ1) is 22.3. The molecule has 10 heteroatoms. The van der Waals surface area contributed by atoms with Gasteiger partial charge in [-0.15, -0.1) is 0 Å². The number of carbonyl (C=O) groups excluding carboxylic acids is 1. The number of fused-ring (bicyclic) bond motifs is 1. The van der Waals surface area contributed by atoms with E-state index in [0.29, 0.717) is 17.2 Å². The lowest BCUT2D eigenvalue weighted by Gasteiger charge is -2.11. The van der Waals surface area contributed by atoms with Crippen LogP contribution in [0.25, 0.3) is 28.3 Å². The molecule has 3 heterocycles. The molecule has 0 fully saturated rings. The zero-order valence-electron chi connectivity index (χ0n) is 17.9. The lowest BCUT2D eigenvalue weighted by molar-refractivity contribution is -0.122. The third-order valence-electron chi connectivity index (χ3n) is 4.91. The number of pyridine rings is 1. The molecule has 0 saturated heterocycles. The lowest BCUT2D eigenvalue weighted by atomic mass is 10.1. The van der Waals surface area contributed by atoms with E-state index in [2.05, 4.69) is 34.1 Å². The summed E-state index contributed by atoms with van der Waals surface area (Å²) in [6.45, 7) is 2.73. The van der Waals surface area contributed by atoms with Crippen molar-refractivity contribution in [2.24, 2.45) is 0 Å². The molecule has 0 radical (unpaired) electrons. The van der Waals surface area contributed by atoms with Gasteiger partial charge in [0.2, 0.25) is 0 Å². The Morgan fingerprint density at radius 3 is 2.67 bits per heavy atom. The number of hydrogen-bond donors (Lipinski definition) is 2. The van der Waals surface area contributed by atoms with Crippen LogP contribution in [-0.4, -0.2) is 38.1 Å². The van der Waals surface area contributed by atoms with Crippen molar-refractivity contribution in [3.63, 3.8) is 0 Å². The van der Waals surface area contributed by atoms with E-state index in [9.17, 15) is 18.0 Å². The number of aromatic nitrogens is 4. The van der Waals surface area contributed by atoms with Crippen molar-refractivity contribution in [3.8, 4) is 22.6 Å². The van der Waals surface area contributed by atoms with Gasteiger partial charge in [-0.2, -0.15) is 13.2 Å². The monoisotopic (exact) mass is 454 g/mol. The van der Waals surface area contributed by atoms with Gasteiger partial charge in [0.25, 0.3) is 0 Å². The quantitative estimate of drug-likeness (QED) is 0.431. The zero-order chi connectivity index (χ0) is 23.6. The van der Waals surface area contributed by atoms with Gasteiger partial charge in [-0.1, -0.05) is 26.0 Å². The third kappa shape index (κ3) is 5.28. The summed E-state index contributed by atoms with van der Waals surface area (Å²) in [7, 11) is 0.